The van der Waals surface area contributed by atoms with E-state index in [1.807, 2.05) is 46.4 Å². The fourth-order valence-electron chi connectivity index (χ4n) is 3.30. The molecule has 2 unspecified atom stereocenters. The van der Waals surface area contributed by atoms with Crippen LogP contribution in [0.5, 0.6) is 0 Å². The van der Waals surface area contributed by atoms with Crippen molar-refractivity contribution in [2.45, 2.75) is 31.7 Å². The fraction of sp³-hybridized carbons (Fsp3) is 0.333. The summed E-state index contributed by atoms with van der Waals surface area (Å²) in [5, 5.41) is 5.03. The predicted octanol–water partition coefficient (Wildman–Crippen LogP) is 3.52. The summed E-state index contributed by atoms with van der Waals surface area (Å²) in [6, 6.07) is 8.02. The number of carbonyl (C=O) groups is 1. The van der Waals surface area contributed by atoms with Gasteiger partial charge in [0.25, 0.3) is 0 Å². The van der Waals surface area contributed by atoms with Crippen LogP contribution < -0.4 is 11.1 Å². The average Bonchev–Trinajstić information content (AvgIpc) is 3.17. The average molecular weight is 340 g/mol. The van der Waals surface area contributed by atoms with E-state index >= 15 is 0 Å². The van der Waals surface area contributed by atoms with E-state index in [1.165, 1.54) is 0 Å². The van der Waals surface area contributed by atoms with Crippen molar-refractivity contribution in [3.05, 3.63) is 42.0 Å². The Bertz CT molecular complexity index is 823. The van der Waals surface area contributed by atoms with Gasteiger partial charge in [-0.05, 0) is 31.4 Å². The Morgan fingerprint density at radius 3 is 2.88 bits per heavy atom. The zero-order valence-corrected chi connectivity index (χ0v) is 14.1. The third-order valence-electron chi connectivity index (χ3n) is 4.63. The number of nitrogens with two attached hydrogens (primary N) is 1. The number of hydrogen-bond acceptors (Lipinski definition) is 4. The first-order chi connectivity index (χ1) is 11.7. The molecule has 1 fully saturated rings. The molecule has 3 aromatic rings. The van der Waals surface area contributed by atoms with E-state index in [2.05, 4.69) is 10.3 Å². The Morgan fingerprint density at radius 1 is 1.29 bits per heavy atom. The molecule has 2 atom stereocenters. The largest absolute Gasteiger partial charge is 0.328 e. The van der Waals surface area contributed by atoms with Crippen LogP contribution in [-0.4, -0.2) is 21.3 Å². The lowest BCUT2D eigenvalue weighted by atomic mass is 9.85. The van der Waals surface area contributed by atoms with E-state index in [9.17, 15) is 4.79 Å². The number of thiazole rings is 1. The highest BCUT2D eigenvalue weighted by Gasteiger charge is 2.25. The van der Waals surface area contributed by atoms with Gasteiger partial charge in [0.2, 0.25) is 5.91 Å². The number of anilines is 1. The van der Waals surface area contributed by atoms with Crippen LogP contribution in [0.15, 0.2) is 42.0 Å². The lowest BCUT2D eigenvalue weighted by Crippen LogP contribution is -2.34. The Kier molecular flexibility index (Phi) is 4.08. The summed E-state index contributed by atoms with van der Waals surface area (Å²) in [6.45, 7) is 0. The first-order valence-corrected chi connectivity index (χ1v) is 9.16. The number of fused-ring (bicyclic) bond motifs is 1. The number of rotatable bonds is 3. The molecule has 4 rings (SSSR count). The van der Waals surface area contributed by atoms with Crippen molar-refractivity contribution in [2.24, 2.45) is 11.7 Å². The number of carbonyl (C=O) groups excluding carboxylic acids is 1. The SMILES string of the molecule is NC1CCCC(C(=O)Nc2ccc(-c3cn4ccsc4n3)cc2)C1. The van der Waals surface area contributed by atoms with Gasteiger partial charge in [-0.15, -0.1) is 11.3 Å². The molecule has 2 heterocycles. The molecule has 24 heavy (non-hydrogen) atoms. The van der Waals surface area contributed by atoms with Gasteiger partial charge in [-0.2, -0.15) is 0 Å². The molecule has 124 valence electrons. The predicted molar refractivity (Wildman–Crippen MR) is 97.1 cm³/mol. The number of aromatic nitrogens is 2. The molecule has 1 amide bonds. The summed E-state index contributed by atoms with van der Waals surface area (Å²) in [5.74, 6) is 0.119. The van der Waals surface area contributed by atoms with Crippen LogP contribution in [-0.2, 0) is 4.79 Å². The molecule has 3 N–H and O–H groups in total. The topological polar surface area (TPSA) is 72.4 Å². The van der Waals surface area contributed by atoms with Gasteiger partial charge in [-0.3, -0.25) is 9.20 Å². The Balaban J connectivity index is 1.45. The lowest BCUT2D eigenvalue weighted by molar-refractivity contribution is -0.120. The van der Waals surface area contributed by atoms with Gasteiger partial charge < -0.3 is 11.1 Å². The molecule has 0 spiro atoms. The van der Waals surface area contributed by atoms with Crippen molar-refractivity contribution in [2.75, 3.05) is 5.32 Å². The highest BCUT2D eigenvalue weighted by atomic mass is 32.1. The summed E-state index contributed by atoms with van der Waals surface area (Å²) >= 11 is 1.61. The van der Waals surface area contributed by atoms with Crippen molar-refractivity contribution in [1.82, 2.24) is 9.38 Å². The number of imidazole rings is 1. The summed E-state index contributed by atoms with van der Waals surface area (Å²) in [5.41, 5.74) is 8.79. The molecule has 0 radical (unpaired) electrons. The van der Waals surface area contributed by atoms with Crippen LogP contribution in [0.4, 0.5) is 5.69 Å². The maximum Gasteiger partial charge on any atom is 0.227 e. The molecular weight excluding hydrogens is 320 g/mol. The molecule has 1 saturated carbocycles. The van der Waals surface area contributed by atoms with Crippen LogP contribution in [0.2, 0.25) is 0 Å². The number of nitrogens with one attached hydrogen (secondary N) is 1. The van der Waals surface area contributed by atoms with E-state index in [1.54, 1.807) is 11.3 Å². The Morgan fingerprint density at radius 2 is 2.12 bits per heavy atom. The molecule has 2 aromatic heterocycles. The second-order valence-corrected chi connectivity index (χ2v) is 7.28. The summed E-state index contributed by atoms with van der Waals surface area (Å²) in [7, 11) is 0. The smallest absolute Gasteiger partial charge is 0.227 e. The van der Waals surface area contributed by atoms with Gasteiger partial charge in [0.05, 0.1) is 5.69 Å². The maximum atomic E-state index is 12.4. The van der Waals surface area contributed by atoms with Crippen molar-refractivity contribution >= 4 is 27.9 Å². The number of nitrogens with zero attached hydrogens (tertiary/aromatic N) is 2. The molecule has 5 nitrogen and oxygen atoms in total. The first kappa shape index (κ1) is 15.4. The number of benzene rings is 1. The normalized spacial score (nSPS) is 21.0. The monoisotopic (exact) mass is 340 g/mol. The molecule has 0 aliphatic heterocycles. The van der Waals surface area contributed by atoms with Gasteiger partial charge in [0, 0.05) is 41.0 Å². The number of amides is 1. The van der Waals surface area contributed by atoms with E-state index in [-0.39, 0.29) is 17.9 Å². The van der Waals surface area contributed by atoms with Crippen molar-refractivity contribution in [1.29, 1.82) is 0 Å². The summed E-state index contributed by atoms with van der Waals surface area (Å²) in [6.07, 6.45) is 7.80. The van der Waals surface area contributed by atoms with Crippen LogP contribution in [0.1, 0.15) is 25.7 Å². The van der Waals surface area contributed by atoms with Crippen LogP contribution in [0.25, 0.3) is 16.2 Å². The third-order valence-corrected chi connectivity index (χ3v) is 5.40. The van der Waals surface area contributed by atoms with E-state index in [0.29, 0.717) is 0 Å². The van der Waals surface area contributed by atoms with Crippen LogP contribution in [0, 0.1) is 5.92 Å². The second-order valence-electron chi connectivity index (χ2n) is 6.41. The quantitative estimate of drug-likeness (QED) is 0.766. The molecule has 1 aliphatic rings. The number of hydrogen-bond donors (Lipinski definition) is 2. The van der Waals surface area contributed by atoms with Gasteiger partial charge in [-0.25, -0.2) is 4.98 Å². The van der Waals surface area contributed by atoms with Gasteiger partial charge >= 0.3 is 0 Å². The molecule has 1 aliphatic carbocycles. The van der Waals surface area contributed by atoms with E-state index in [0.717, 1.165) is 47.6 Å². The molecule has 0 bridgehead atoms. The molecule has 1 aromatic carbocycles. The van der Waals surface area contributed by atoms with Crippen molar-refractivity contribution in [3.63, 3.8) is 0 Å². The van der Waals surface area contributed by atoms with Crippen molar-refractivity contribution < 1.29 is 4.79 Å². The van der Waals surface area contributed by atoms with E-state index in [4.69, 9.17) is 5.73 Å². The zero-order chi connectivity index (χ0) is 16.5. The maximum absolute atomic E-state index is 12.4. The minimum absolute atomic E-state index is 0.0355. The lowest BCUT2D eigenvalue weighted by Gasteiger charge is -2.25. The molecule has 0 saturated heterocycles. The van der Waals surface area contributed by atoms with Gasteiger partial charge in [0.15, 0.2) is 4.96 Å². The van der Waals surface area contributed by atoms with E-state index < -0.39 is 0 Å². The second kappa shape index (κ2) is 6.37. The summed E-state index contributed by atoms with van der Waals surface area (Å²) < 4.78 is 2.02. The Labute approximate surface area is 144 Å². The summed E-state index contributed by atoms with van der Waals surface area (Å²) in [4.78, 5) is 17.9. The standard InChI is InChI=1S/C18H20N4OS/c19-14-3-1-2-13(10-14)17(23)20-15-6-4-12(5-7-15)16-11-22-8-9-24-18(22)21-16/h4-9,11,13-14H,1-3,10,19H2,(H,20,23). The highest BCUT2D eigenvalue weighted by molar-refractivity contribution is 7.15. The highest BCUT2D eigenvalue weighted by Crippen LogP contribution is 2.26. The van der Waals surface area contributed by atoms with Crippen LogP contribution in [0.3, 0.4) is 0 Å². The Hall–Kier alpha value is -2.18. The molecule has 6 heteroatoms. The van der Waals surface area contributed by atoms with Gasteiger partial charge in [0.1, 0.15) is 0 Å². The van der Waals surface area contributed by atoms with Gasteiger partial charge in [-0.1, -0.05) is 18.6 Å². The first-order valence-electron chi connectivity index (χ1n) is 8.28. The van der Waals surface area contributed by atoms with Crippen LogP contribution >= 0.6 is 11.3 Å². The third kappa shape index (κ3) is 3.07. The molecular formula is C18H20N4OS. The fourth-order valence-corrected chi connectivity index (χ4v) is 4.00. The minimum atomic E-state index is 0.0355. The zero-order valence-electron chi connectivity index (χ0n) is 13.3. The van der Waals surface area contributed by atoms with Crippen molar-refractivity contribution in [3.8, 4) is 11.3 Å². The minimum Gasteiger partial charge on any atom is -0.328 e.